The molecule has 0 unspecified atom stereocenters. The summed E-state index contributed by atoms with van der Waals surface area (Å²) in [5.41, 5.74) is 5.22. The van der Waals surface area contributed by atoms with Crippen molar-refractivity contribution in [1.29, 1.82) is 0 Å². The molecule has 0 saturated heterocycles. The van der Waals surface area contributed by atoms with Crippen LogP contribution < -0.4 is 10.1 Å². The normalized spacial score (nSPS) is 11.1. The van der Waals surface area contributed by atoms with Gasteiger partial charge in [0.1, 0.15) is 24.3 Å². The van der Waals surface area contributed by atoms with E-state index < -0.39 is 0 Å². The van der Waals surface area contributed by atoms with E-state index in [0.717, 1.165) is 45.7 Å². The Morgan fingerprint density at radius 3 is 2.67 bits per heavy atom. The van der Waals surface area contributed by atoms with Crippen LogP contribution >= 0.6 is 0 Å². The number of urea groups is 1. The first-order chi connectivity index (χ1) is 17.4. The lowest BCUT2D eigenvalue weighted by Crippen LogP contribution is -2.36. The molecule has 4 aromatic rings. The summed E-state index contributed by atoms with van der Waals surface area (Å²) in [4.78, 5) is 28.6. The third kappa shape index (κ3) is 6.18. The first kappa shape index (κ1) is 25.2. The number of aliphatic hydroxyl groups excluding tert-OH is 1. The van der Waals surface area contributed by atoms with Crippen molar-refractivity contribution in [2.24, 2.45) is 0 Å². The number of carbonyl (C=O) groups excluding carboxylic acids is 1. The number of anilines is 1. The van der Waals surface area contributed by atoms with Gasteiger partial charge in [-0.3, -0.25) is 0 Å². The molecule has 0 radical (unpaired) electrons. The molecule has 36 heavy (non-hydrogen) atoms. The number of aliphatic hydroxyl groups is 1. The zero-order chi connectivity index (χ0) is 25.5. The van der Waals surface area contributed by atoms with Gasteiger partial charge in [0.2, 0.25) is 0 Å². The quantitative estimate of drug-likeness (QED) is 0.313. The number of hydrogen-bond donors (Lipinski definition) is 3. The number of aryl methyl sites for hydroxylation is 1. The molecule has 0 aliphatic heterocycles. The third-order valence-corrected chi connectivity index (χ3v) is 5.81. The first-order valence-electron chi connectivity index (χ1n) is 11.9. The number of nitrogens with zero attached hydrogens (tertiary/aromatic N) is 4. The van der Waals surface area contributed by atoms with E-state index in [4.69, 9.17) is 4.74 Å². The maximum Gasteiger partial charge on any atom is 0.322 e. The van der Waals surface area contributed by atoms with Crippen LogP contribution in [0.3, 0.4) is 0 Å². The van der Waals surface area contributed by atoms with E-state index in [1.807, 2.05) is 75.7 Å². The van der Waals surface area contributed by atoms with Crippen LogP contribution in [0.15, 0.2) is 61.1 Å². The van der Waals surface area contributed by atoms with E-state index in [2.05, 4.69) is 25.2 Å². The zero-order valence-electron chi connectivity index (χ0n) is 20.9. The van der Waals surface area contributed by atoms with E-state index in [-0.39, 0.29) is 19.2 Å². The van der Waals surface area contributed by atoms with Crippen LogP contribution in [0.25, 0.3) is 22.3 Å². The number of carbonyl (C=O) groups is 1. The molecule has 0 aliphatic carbocycles. The van der Waals surface area contributed by atoms with Crippen LogP contribution in [0, 0.1) is 6.92 Å². The van der Waals surface area contributed by atoms with Gasteiger partial charge in [-0.1, -0.05) is 24.3 Å². The van der Waals surface area contributed by atoms with Gasteiger partial charge in [0, 0.05) is 42.5 Å². The van der Waals surface area contributed by atoms with Crippen molar-refractivity contribution < 1.29 is 14.6 Å². The zero-order valence-corrected chi connectivity index (χ0v) is 20.9. The predicted octanol–water partition coefficient (Wildman–Crippen LogP) is 3.90. The van der Waals surface area contributed by atoms with Gasteiger partial charge >= 0.3 is 6.03 Å². The lowest BCUT2D eigenvalue weighted by Gasteiger charge is -2.23. The molecule has 188 valence electrons. The number of likely N-dealkylation sites (N-methyl/N-ethyl adjacent to an activating group) is 1. The van der Waals surface area contributed by atoms with Crippen molar-refractivity contribution in [1.82, 2.24) is 24.8 Å². The van der Waals surface area contributed by atoms with Gasteiger partial charge in [-0.05, 0) is 56.4 Å². The molecule has 0 fully saturated rings. The molecule has 0 atom stereocenters. The van der Waals surface area contributed by atoms with Crippen molar-refractivity contribution in [3.63, 3.8) is 0 Å². The monoisotopic (exact) mass is 488 g/mol. The fourth-order valence-electron chi connectivity index (χ4n) is 3.92. The number of H-pyrrole nitrogens is 1. The van der Waals surface area contributed by atoms with Crippen molar-refractivity contribution in [2.45, 2.75) is 13.5 Å². The van der Waals surface area contributed by atoms with Crippen LogP contribution in [-0.4, -0.2) is 76.3 Å². The number of amides is 2. The van der Waals surface area contributed by atoms with Crippen LogP contribution in [0.1, 0.15) is 11.1 Å². The number of rotatable bonds is 10. The Kier molecular flexibility index (Phi) is 8.14. The van der Waals surface area contributed by atoms with Gasteiger partial charge in [0.15, 0.2) is 0 Å². The minimum atomic E-state index is -0.290. The SMILES string of the molecule is Cc1c[nH]c2ncnc(-c3ccc(NC(=O)N(CCO)Cc4cccc(OCCN(C)C)c4)cc3)c12. The molecule has 2 aromatic carbocycles. The number of benzene rings is 2. The highest BCUT2D eigenvalue weighted by atomic mass is 16.5. The van der Waals surface area contributed by atoms with E-state index in [9.17, 15) is 9.90 Å². The second kappa shape index (κ2) is 11.7. The molecule has 0 spiro atoms. The minimum absolute atomic E-state index is 0.134. The second-order valence-corrected chi connectivity index (χ2v) is 8.87. The molecule has 2 aromatic heterocycles. The summed E-state index contributed by atoms with van der Waals surface area (Å²) in [5.74, 6) is 0.755. The van der Waals surface area contributed by atoms with Crippen LogP contribution in [0.4, 0.5) is 10.5 Å². The van der Waals surface area contributed by atoms with E-state index in [0.29, 0.717) is 18.8 Å². The number of aromatic amines is 1. The summed E-state index contributed by atoms with van der Waals surface area (Å²) < 4.78 is 5.81. The predicted molar refractivity (Wildman–Crippen MR) is 141 cm³/mol. The molecular formula is C27H32N6O3. The number of aromatic nitrogens is 3. The average molecular weight is 489 g/mol. The largest absolute Gasteiger partial charge is 0.492 e. The fourth-order valence-corrected chi connectivity index (χ4v) is 3.92. The van der Waals surface area contributed by atoms with Crippen molar-refractivity contribution in [2.75, 3.05) is 45.7 Å². The molecule has 9 heteroatoms. The van der Waals surface area contributed by atoms with E-state index in [1.54, 1.807) is 11.2 Å². The maximum atomic E-state index is 13.0. The number of hydrogen-bond acceptors (Lipinski definition) is 6. The van der Waals surface area contributed by atoms with Gasteiger partial charge in [0.05, 0.1) is 12.3 Å². The van der Waals surface area contributed by atoms with Crippen LogP contribution in [0.5, 0.6) is 5.75 Å². The summed E-state index contributed by atoms with van der Waals surface area (Å²) in [6.45, 7) is 3.83. The van der Waals surface area contributed by atoms with Gasteiger partial charge in [0.25, 0.3) is 0 Å². The van der Waals surface area contributed by atoms with Gasteiger partial charge in [-0.15, -0.1) is 0 Å². The molecule has 3 N–H and O–H groups in total. The van der Waals surface area contributed by atoms with Crippen LogP contribution in [0.2, 0.25) is 0 Å². The van der Waals surface area contributed by atoms with Crippen molar-refractivity contribution >= 4 is 22.8 Å². The molecular weight excluding hydrogens is 456 g/mol. The van der Waals surface area contributed by atoms with Crippen molar-refractivity contribution in [3.05, 3.63) is 72.2 Å². The molecule has 0 saturated carbocycles. The molecule has 0 aliphatic rings. The summed E-state index contributed by atoms with van der Waals surface area (Å²) in [6.07, 6.45) is 3.46. The van der Waals surface area contributed by atoms with Crippen LogP contribution in [-0.2, 0) is 6.54 Å². The van der Waals surface area contributed by atoms with E-state index >= 15 is 0 Å². The molecule has 9 nitrogen and oxygen atoms in total. The smallest absolute Gasteiger partial charge is 0.322 e. The summed E-state index contributed by atoms with van der Waals surface area (Å²) >= 11 is 0. The summed E-state index contributed by atoms with van der Waals surface area (Å²) in [7, 11) is 3.99. The Morgan fingerprint density at radius 1 is 1.11 bits per heavy atom. The number of fused-ring (bicyclic) bond motifs is 1. The summed E-state index contributed by atoms with van der Waals surface area (Å²) in [5, 5.41) is 13.5. The number of ether oxygens (including phenoxy) is 1. The fraction of sp³-hybridized carbons (Fsp3) is 0.296. The highest BCUT2D eigenvalue weighted by Gasteiger charge is 2.15. The first-order valence-corrected chi connectivity index (χ1v) is 11.9. The lowest BCUT2D eigenvalue weighted by molar-refractivity contribution is 0.185. The summed E-state index contributed by atoms with van der Waals surface area (Å²) in [6, 6.07) is 14.9. The molecule has 2 heterocycles. The molecule has 4 rings (SSSR count). The minimum Gasteiger partial charge on any atom is -0.492 e. The topological polar surface area (TPSA) is 107 Å². The maximum absolute atomic E-state index is 13.0. The Bertz CT molecular complexity index is 1300. The molecule has 2 amide bonds. The standard InChI is InChI=1S/C27H32N6O3/c1-19-16-28-26-24(19)25(29-18-30-26)21-7-9-22(10-8-21)31-27(35)33(11-13-34)17-20-5-4-6-23(15-20)36-14-12-32(2)3/h4-10,15-16,18,34H,11-14,17H2,1-3H3,(H,31,35)(H,28,29,30). The average Bonchev–Trinajstić information content (AvgIpc) is 3.25. The second-order valence-electron chi connectivity index (χ2n) is 8.87. The highest BCUT2D eigenvalue weighted by molar-refractivity contribution is 5.94. The van der Waals surface area contributed by atoms with Crippen molar-refractivity contribution in [3.8, 4) is 17.0 Å². The Balaban J connectivity index is 1.43. The van der Waals surface area contributed by atoms with Gasteiger partial charge < -0.3 is 29.9 Å². The number of nitrogens with one attached hydrogen (secondary N) is 2. The lowest BCUT2D eigenvalue weighted by atomic mass is 10.1. The van der Waals surface area contributed by atoms with Gasteiger partial charge in [-0.2, -0.15) is 0 Å². The highest BCUT2D eigenvalue weighted by Crippen LogP contribution is 2.28. The van der Waals surface area contributed by atoms with Gasteiger partial charge in [-0.25, -0.2) is 14.8 Å². The third-order valence-electron chi connectivity index (χ3n) is 5.81. The Morgan fingerprint density at radius 2 is 1.92 bits per heavy atom. The Hall–Kier alpha value is -3.95. The van der Waals surface area contributed by atoms with E-state index in [1.165, 1.54) is 0 Å². The molecule has 0 bridgehead atoms. The Labute approximate surface area is 210 Å².